The summed E-state index contributed by atoms with van der Waals surface area (Å²) < 4.78 is 10.2. The van der Waals surface area contributed by atoms with Gasteiger partial charge in [-0.2, -0.15) is 0 Å². The van der Waals surface area contributed by atoms with E-state index in [0.29, 0.717) is 27.4 Å². The van der Waals surface area contributed by atoms with E-state index >= 15 is 0 Å². The van der Waals surface area contributed by atoms with E-state index < -0.39 is 5.97 Å². The van der Waals surface area contributed by atoms with Gasteiger partial charge in [0.25, 0.3) is 0 Å². The first-order valence-electron chi connectivity index (χ1n) is 5.53. The Hall–Kier alpha value is -2.01. The number of benzene rings is 1. The number of aryl methyl sites for hydroxylation is 1. The molecule has 1 aromatic heterocycles. The zero-order valence-electron chi connectivity index (χ0n) is 10.7. The highest BCUT2D eigenvalue weighted by Gasteiger charge is 2.21. The van der Waals surface area contributed by atoms with Crippen LogP contribution in [0.25, 0.3) is 11.0 Å². The number of esters is 1. The van der Waals surface area contributed by atoms with Crippen molar-refractivity contribution in [1.82, 2.24) is 0 Å². The van der Waals surface area contributed by atoms with E-state index in [1.165, 1.54) is 20.1 Å². The molecule has 0 aliphatic heterocycles. The summed E-state index contributed by atoms with van der Waals surface area (Å²) in [6, 6.07) is 3.12. The maximum atomic E-state index is 11.7. The zero-order chi connectivity index (χ0) is 14.2. The maximum absolute atomic E-state index is 11.7. The van der Waals surface area contributed by atoms with Gasteiger partial charge in [0.15, 0.2) is 5.58 Å². The third-order valence-electron chi connectivity index (χ3n) is 2.66. The molecule has 0 saturated heterocycles. The lowest BCUT2D eigenvalue weighted by Gasteiger charge is -2.06. The maximum Gasteiger partial charge on any atom is 0.341 e. The third kappa shape index (κ3) is 2.29. The number of amides is 1. The van der Waals surface area contributed by atoms with Crippen LogP contribution in [0.4, 0.5) is 5.69 Å². The molecule has 19 heavy (non-hydrogen) atoms. The molecular weight excluding hydrogens is 270 g/mol. The Morgan fingerprint density at radius 3 is 2.63 bits per heavy atom. The van der Waals surface area contributed by atoms with E-state index in [1.807, 2.05) is 0 Å². The summed E-state index contributed by atoms with van der Waals surface area (Å²) in [5, 5.41) is 3.51. The number of fused-ring (bicyclic) bond motifs is 1. The molecule has 0 aliphatic rings. The average Bonchev–Trinajstić information content (AvgIpc) is 2.65. The second-order valence-electron chi connectivity index (χ2n) is 4.01. The Balaban J connectivity index is 2.75. The third-order valence-corrected chi connectivity index (χ3v) is 3.11. The summed E-state index contributed by atoms with van der Waals surface area (Å²) in [6.45, 7) is 3.07. The molecule has 2 rings (SSSR count). The van der Waals surface area contributed by atoms with Gasteiger partial charge in [0.2, 0.25) is 5.91 Å². The minimum Gasteiger partial charge on any atom is -0.465 e. The van der Waals surface area contributed by atoms with Gasteiger partial charge in [0.1, 0.15) is 11.3 Å². The smallest absolute Gasteiger partial charge is 0.341 e. The monoisotopic (exact) mass is 281 g/mol. The van der Waals surface area contributed by atoms with Crippen LogP contribution in [0.2, 0.25) is 5.02 Å². The highest BCUT2D eigenvalue weighted by Crippen LogP contribution is 2.37. The SMILES string of the molecule is COC(=O)c1ccc(NC(C)=O)c2c(Cl)c(C)oc12. The van der Waals surface area contributed by atoms with E-state index in [1.54, 1.807) is 13.0 Å². The van der Waals surface area contributed by atoms with Crippen LogP contribution >= 0.6 is 11.6 Å². The zero-order valence-corrected chi connectivity index (χ0v) is 11.4. The van der Waals surface area contributed by atoms with Crippen molar-refractivity contribution in [2.75, 3.05) is 12.4 Å². The summed E-state index contributed by atoms with van der Waals surface area (Å²) in [7, 11) is 1.29. The van der Waals surface area contributed by atoms with Crippen LogP contribution < -0.4 is 5.32 Å². The van der Waals surface area contributed by atoms with Gasteiger partial charge in [0.05, 0.1) is 23.2 Å². The Kier molecular flexibility index (Phi) is 3.48. The fourth-order valence-corrected chi connectivity index (χ4v) is 2.07. The quantitative estimate of drug-likeness (QED) is 0.859. The molecule has 0 fully saturated rings. The van der Waals surface area contributed by atoms with Crippen molar-refractivity contribution < 1.29 is 18.7 Å². The summed E-state index contributed by atoms with van der Waals surface area (Å²) >= 11 is 6.15. The van der Waals surface area contributed by atoms with E-state index in [0.717, 1.165) is 0 Å². The van der Waals surface area contributed by atoms with Crippen molar-refractivity contribution in [2.24, 2.45) is 0 Å². The number of hydrogen-bond donors (Lipinski definition) is 1. The van der Waals surface area contributed by atoms with Crippen LogP contribution in [0.3, 0.4) is 0 Å². The molecule has 6 heteroatoms. The van der Waals surface area contributed by atoms with Crippen molar-refractivity contribution in [1.29, 1.82) is 0 Å². The predicted molar refractivity (Wildman–Crippen MR) is 71.6 cm³/mol. The number of furan rings is 1. The number of carbonyl (C=O) groups is 2. The number of methoxy groups -OCH3 is 1. The molecule has 1 amide bonds. The highest BCUT2D eigenvalue weighted by molar-refractivity contribution is 6.38. The van der Waals surface area contributed by atoms with Crippen LogP contribution in [0.15, 0.2) is 16.5 Å². The molecule has 0 atom stereocenters. The molecule has 0 radical (unpaired) electrons. The van der Waals surface area contributed by atoms with Crippen molar-refractivity contribution >= 4 is 40.1 Å². The molecule has 0 saturated carbocycles. The lowest BCUT2D eigenvalue weighted by atomic mass is 10.1. The number of ether oxygens (including phenoxy) is 1. The number of carbonyl (C=O) groups excluding carboxylic acids is 2. The molecule has 1 heterocycles. The lowest BCUT2D eigenvalue weighted by Crippen LogP contribution is -2.07. The fraction of sp³-hybridized carbons (Fsp3) is 0.231. The van der Waals surface area contributed by atoms with E-state index in [-0.39, 0.29) is 11.5 Å². The summed E-state index contributed by atoms with van der Waals surface area (Å²) in [6.07, 6.45) is 0. The van der Waals surface area contributed by atoms with Gasteiger partial charge in [-0.3, -0.25) is 4.79 Å². The van der Waals surface area contributed by atoms with Gasteiger partial charge in [-0.1, -0.05) is 11.6 Å². The van der Waals surface area contributed by atoms with Crippen molar-refractivity contribution in [3.63, 3.8) is 0 Å². The average molecular weight is 282 g/mol. The molecule has 2 aromatic rings. The van der Waals surface area contributed by atoms with Crippen LogP contribution in [-0.4, -0.2) is 19.0 Å². The summed E-state index contributed by atoms with van der Waals surface area (Å²) in [4.78, 5) is 22.8. The van der Waals surface area contributed by atoms with Gasteiger partial charge >= 0.3 is 5.97 Å². The minimum atomic E-state index is -0.523. The van der Waals surface area contributed by atoms with E-state index in [2.05, 4.69) is 10.1 Å². The lowest BCUT2D eigenvalue weighted by molar-refractivity contribution is -0.114. The van der Waals surface area contributed by atoms with E-state index in [4.69, 9.17) is 16.0 Å². The van der Waals surface area contributed by atoms with Gasteiger partial charge in [-0.15, -0.1) is 0 Å². The van der Waals surface area contributed by atoms with Crippen molar-refractivity contribution in [2.45, 2.75) is 13.8 Å². The van der Waals surface area contributed by atoms with Crippen LogP contribution in [0.1, 0.15) is 23.0 Å². The molecule has 0 unspecified atom stereocenters. The number of hydrogen-bond acceptors (Lipinski definition) is 4. The second kappa shape index (κ2) is 4.93. The van der Waals surface area contributed by atoms with Crippen LogP contribution in [-0.2, 0) is 9.53 Å². The molecule has 0 spiro atoms. The van der Waals surface area contributed by atoms with Gasteiger partial charge in [-0.05, 0) is 19.1 Å². The van der Waals surface area contributed by atoms with Gasteiger partial charge < -0.3 is 14.5 Å². The van der Waals surface area contributed by atoms with E-state index in [9.17, 15) is 9.59 Å². The predicted octanol–water partition coefficient (Wildman–Crippen LogP) is 3.14. The normalized spacial score (nSPS) is 10.5. The molecule has 1 N–H and O–H groups in total. The molecule has 5 nitrogen and oxygen atoms in total. The second-order valence-corrected chi connectivity index (χ2v) is 4.39. The van der Waals surface area contributed by atoms with Gasteiger partial charge in [-0.25, -0.2) is 4.79 Å². The first kappa shape index (κ1) is 13.4. The highest BCUT2D eigenvalue weighted by atomic mass is 35.5. The van der Waals surface area contributed by atoms with Crippen LogP contribution in [0.5, 0.6) is 0 Å². The number of anilines is 1. The standard InChI is InChI=1S/C13H12ClNO4/c1-6-11(14)10-9(15-7(2)16)5-4-8(12(10)19-6)13(17)18-3/h4-5H,1-3H3,(H,15,16). The van der Waals surface area contributed by atoms with Crippen molar-refractivity contribution in [3.8, 4) is 0 Å². The summed E-state index contributed by atoms with van der Waals surface area (Å²) in [5.41, 5.74) is 1.07. The first-order chi connectivity index (χ1) is 8.95. The minimum absolute atomic E-state index is 0.234. The molecule has 100 valence electrons. The molecule has 0 aliphatic carbocycles. The van der Waals surface area contributed by atoms with Gasteiger partial charge in [0, 0.05) is 6.92 Å². The molecule has 0 bridgehead atoms. The topological polar surface area (TPSA) is 68.5 Å². The Morgan fingerprint density at radius 1 is 1.37 bits per heavy atom. The number of halogens is 1. The Bertz CT molecular complexity index is 675. The molecular formula is C13H12ClNO4. The van der Waals surface area contributed by atoms with Crippen LogP contribution in [0, 0.1) is 6.92 Å². The van der Waals surface area contributed by atoms with Crippen molar-refractivity contribution in [3.05, 3.63) is 28.5 Å². The fourth-order valence-electron chi connectivity index (χ4n) is 1.85. The molecule has 1 aromatic carbocycles. The number of rotatable bonds is 2. The summed E-state index contributed by atoms with van der Waals surface area (Å²) in [5.74, 6) is -0.286. The largest absolute Gasteiger partial charge is 0.465 e. The Morgan fingerprint density at radius 2 is 2.05 bits per heavy atom. The number of nitrogens with one attached hydrogen (secondary N) is 1. The Labute approximate surface area is 114 Å². The first-order valence-corrected chi connectivity index (χ1v) is 5.91.